The van der Waals surface area contributed by atoms with E-state index in [2.05, 4.69) is 110 Å². The van der Waals surface area contributed by atoms with Crippen molar-refractivity contribution in [2.75, 3.05) is 7.05 Å². The van der Waals surface area contributed by atoms with Crippen LogP contribution in [0.4, 0.5) is 0 Å². The van der Waals surface area contributed by atoms with E-state index in [1.807, 2.05) is 11.8 Å². The molecule has 0 radical (unpaired) electrons. The first-order valence-electron chi connectivity index (χ1n) is 9.17. The maximum atomic E-state index is 5.29. The fourth-order valence-electron chi connectivity index (χ4n) is 3.24. The number of hydrogen-bond donors (Lipinski definition) is 0. The third-order valence-corrected chi connectivity index (χ3v) is 8.51. The first-order chi connectivity index (χ1) is 13.2. The monoisotopic (exact) mass is 390 g/mol. The van der Waals surface area contributed by atoms with E-state index >= 15 is 0 Å². The summed E-state index contributed by atoms with van der Waals surface area (Å²) in [5.74, 6) is 0. The van der Waals surface area contributed by atoms with Crippen molar-refractivity contribution in [3.05, 3.63) is 96.6 Å². The SMILES string of the molecule is C[C@@H]1[C@@H](c2ccccc2)S/C(=N\P(c2ccccc2)c2ccccc2)N1C. The zero-order valence-corrected chi connectivity index (χ0v) is 17.3. The van der Waals surface area contributed by atoms with Crippen LogP contribution in [0.3, 0.4) is 0 Å². The van der Waals surface area contributed by atoms with Gasteiger partial charge in [-0.3, -0.25) is 0 Å². The molecule has 0 aromatic heterocycles. The van der Waals surface area contributed by atoms with E-state index in [4.69, 9.17) is 4.76 Å². The summed E-state index contributed by atoms with van der Waals surface area (Å²) < 4.78 is 5.29. The van der Waals surface area contributed by atoms with E-state index in [-0.39, 0.29) is 0 Å². The van der Waals surface area contributed by atoms with E-state index in [0.29, 0.717) is 11.3 Å². The third kappa shape index (κ3) is 3.95. The van der Waals surface area contributed by atoms with Gasteiger partial charge in [-0.2, -0.15) is 0 Å². The molecule has 0 saturated carbocycles. The average Bonchev–Trinajstić information content (AvgIpc) is 3.02. The molecule has 2 nitrogen and oxygen atoms in total. The van der Waals surface area contributed by atoms with Gasteiger partial charge in [0.25, 0.3) is 0 Å². The second kappa shape index (κ2) is 8.29. The number of likely N-dealkylation sites (N-methyl/N-ethyl adjacent to an activating group) is 1. The minimum atomic E-state index is -0.770. The van der Waals surface area contributed by atoms with Gasteiger partial charge in [-0.25, -0.2) is 4.76 Å². The molecule has 1 aliphatic rings. The molecule has 27 heavy (non-hydrogen) atoms. The van der Waals surface area contributed by atoms with Crippen LogP contribution in [0.5, 0.6) is 0 Å². The Balaban J connectivity index is 1.70. The molecule has 1 fully saturated rings. The van der Waals surface area contributed by atoms with E-state index in [9.17, 15) is 0 Å². The number of thioether (sulfide) groups is 1. The number of benzene rings is 3. The summed E-state index contributed by atoms with van der Waals surface area (Å²) in [6, 6.07) is 32.5. The molecule has 3 aromatic rings. The van der Waals surface area contributed by atoms with Crippen LogP contribution in [0.2, 0.25) is 0 Å². The number of amidine groups is 1. The van der Waals surface area contributed by atoms with Crippen LogP contribution in [-0.2, 0) is 0 Å². The van der Waals surface area contributed by atoms with E-state index in [0.717, 1.165) is 5.17 Å². The van der Waals surface area contributed by atoms with Crippen LogP contribution < -0.4 is 10.6 Å². The van der Waals surface area contributed by atoms with Gasteiger partial charge >= 0.3 is 0 Å². The molecule has 4 heteroatoms. The smallest absolute Gasteiger partial charge is 0.164 e. The van der Waals surface area contributed by atoms with E-state index < -0.39 is 8.07 Å². The number of hydrogen-bond acceptors (Lipinski definition) is 2. The molecule has 0 bridgehead atoms. The Hall–Kier alpha value is -2.09. The summed E-state index contributed by atoms with van der Waals surface area (Å²) >= 11 is 1.89. The normalized spacial score (nSPS) is 21.1. The van der Waals surface area contributed by atoms with Crippen LogP contribution in [0.15, 0.2) is 95.8 Å². The predicted octanol–water partition coefficient (Wildman–Crippen LogP) is 5.20. The van der Waals surface area contributed by atoms with Gasteiger partial charge in [0, 0.05) is 23.7 Å². The van der Waals surface area contributed by atoms with Crippen molar-refractivity contribution in [2.45, 2.75) is 18.2 Å². The minimum absolute atomic E-state index is 0.415. The van der Waals surface area contributed by atoms with Gasteiger partial charge < -0.3 is 4.90 Å². The molecule has 1 aliphatic heterocycles. The fraction of sp³-hybridized carbons (Fsp3) is 0.174. The van der Waals surface area contributed by atoms with Gasteiger partial charge in [-0.15, -0.1) is 0 Å². The lowest BCUT2D eigenvalue weighted by Crippen LogP contribution is -2.28. The highest BCUT2D eigenvalue weighted by molar-refractivity contribution is 8.14. The molecular weight excluding hydrogens is 367 g/mol. The lowest BCUT2D eigenvalue weighted by molar-refractivity contribution is 0.404. The Bertz CT molecular complexity index is 860. The Labute approximate surface area is 167 Å². The van der Waals surface area contributed by atoms with Gasteiger partial charge in [-0.05, 0) is 12.5 Å². The highest BCUT2D eigenvalue weighted by Crippen LogP contribution is 2.46. The molecule has 0 amide bonds. The number of nitrogens with zero attached hydrogens (tertiary/aromatic N) is 2. The fourth-order valence-corrected chi connectivity index (χ4v) is 6.66. The molecule has 1 heterocycles. The third-order valence-electron chi connectivity index (χ3n) is 4.90. The van der Waals surface area contributed by atoms with Gasteiger partial charge in [0.1, 0.15) is 0 Å². The molecule has 0 unspecified atom stereocenters. The summed E-state index contributed by atoms with van der Waals surface area (Å²) in [5, 5.41) is 4.13. The summed E-state index contributed by atoms with van der Waals surface area (Å²) in [6.07, 6.45) is 0. The Morgan fingerprint density at radius 3 is 1.78 bits per heavy atom. The molecule has 1 saturated heterocycles. The first kappa shape index (κ1) is 18.3. The molecular formula is C23H23N2PS. The average molecular weight is 390 g/mol. The van der Waals surface area contributed by atoms with Gasteiger partial charge in [-0.1, -0.05) is 103 Å². The second-order valence-corrected chi connectivity index (χ2v) is 9.63. The summed E-state index contributed by atoms with van der Waals surface area (Å²) in [7, 11) is 1.40. The summed E-state index contributed by atoms with van der Waals surface area (Å²) in [6.45, 7) is 2.29. The zero-order chi connectivity index (χ0) is 18.6. The zero-order valence-electron chi connectivity index (χ0n) is 15.6. The highest BCUT2D eigenvalue weighted by Gasteiger charge is 2.35. The van der Waals surface area contributed by atoms with Crippen molar-refractivity contribution >= 4 is 35.6 Å². The van der Waals surface area contributed by atoms with Crippen molar-refractivity contribution in [1.29, 1.82) is 0 Å². The summed E-state index contributed by atoms with van der Waals surface area (Å²) in [5.41, 5.74) is 1.37. The Kier molecular flexibility index (Phi) is 5.61. The molecule has 4 rings (SSSR count). The van der Waals surface area contributed by atoms with Crippen molar-refractivity contribution in [3.63, 3.8) is 0 Å². The topological polar surface area (TPSA) is 15.6 Å². The Morgan fingerprint density at radius 1 is 0.778 bits per heavy atom. The maximum Gasteiger partial charge on any atom is 0.164 e. The van der Waals surface area contributed by atoms with Gasteiger partial charge in [0.2, 0.25) is 0 Å². The van der Waals surface area contributed by atoms with Crippen molar-refractivity contribution in [1.82, 2.24) is 4.90 Å². The molecule has 2 atom stereocenters. The number of rotatable bonds is 4. The van der Waals surface area contributed by atoms with Crippen molar-refractivity contribution in [2.24, 2.45) is 4.76 Å². The predicted molar refractivity (Wildman–Crippen MR) is 121 cm³/mol. The summed E-state index contributed by atoms with van der Waals surface area (Å²) in [4.78, 5) is 2.34. The van der Waals surface area contributed by atoms with Crippen molar-refractivity contribution in [3.8, 4) is 0 Å². The molecule has 3 aromatic carbocycles. The lowest BCUT2D eigenvalue weighted by atomic mass is 10.1. The molecule has 136 valence electrons. The van der Waals surface area contributed by atoms with Crippen molar-refractivity contribution < 1.29 is 0 Å². The van der Waals surface area contributed by atoms with Crippen LogP contribution in [0.25, 0.3) is 0 Å². The van der Waals surface area contributed by atoms with Crippen LogP contribution in [-0.4, -0.2) is 23.2 Å². The highest BCUT2D eigenvalue weighted by atomic mass is 32.2. The van der Waals surface area contributed by atoms with E-state index in [1.54, 1.807) is 0 Å². The first-order valence-corrected chi connectivity index (χ1v) is 11.3. The van der Waals surface area contributed by atoms with Crippen LogP contribution in [0, 0.1) is 0 Å². The minimum Gasteiger partial charge on any atom is -0.350 e. The standard InChI is InChI=1S/C23H23N2PS/c1-18-22(19-12-6-3-7-13-19)27-23(25(18)2)24-26(20-14-8-4-9-15-20)21-16-10-5-11-17-21/h3-18,22H,1-2H3/b24-23-/t18-,22+/m1/s1. The van der Waals surface area contributed by atoms with Crippen LogP contribution in [0.1, 0.15) is 17.7 Å². The second-order valence-electron chi connectivity index (χ2n) is 6.67. The van der Waals surface area contributed by atoms with Gasteiger partial charge in [0.05, 0.1) is 13.3 Å². The largest absolute Gasteiger partial charge is 0.350 e. The van der Waals surface area contributed by atoms with E-state index in [1.165, 1.54) is 16.2 Å². The molecule has 0 aliphatic carbocycles. The lowest BCUT2D eigenvalue weighted by Gasteiger charge is -2.21. The Morgan fingerprint density at radius 2 is 1.26 bits per heavy atom. The molecule has 0 N–H and O–H groups in total. The maximum absolute atomic E-state index is 5.29. The van der Waals surface area contributed by atoms with Crippen LogP contribution >= 0.6 is 19.8 Å². The quantitative estimate of drug-likeness (QED) is 0.569. The molecule has 0 spiro atoms. The van der Waals surface area contributed by atoms with Gasteiger partial charge in [0.15, 0.2) is 5.17 Å².